The van der Waals surface area contributed by atoms with Crippen LogP contribution >= 0.6 is 22.6 Å². The molecule has 0 bridgehead atoms. The van der Waals surface area contributed by atoms with Crippen LogP contribution in [0, 0.1) is 17.4 Å². The summed E-state index contributed by atoms with van der Waals surface area (Å²) in [5.41, 5.74) is 1.23. The molecule has 0 aliphatic rings. The third-order valence-corrected chi connectivity index (χ3v) is 4.26. The van der Waals surface area contributed by atoms with E-state index in [0.717, 1.165) is 21.3 Å². The van der Waals surface area contributed by atoms with E-state index in [1.165, 1.54) is 6.07 Å². The minimum Gasteiger partial charge on any atom is -0.322 e. The van der Waals surface area contributed by atoms with Crippen molar-refractivity contribution >= 4 is 34.2 Å². The number of rotatable bonds is 2. The third kappa shape index (κ3) is 4.00. The Morgan fingerprint density at radius 1 is 1.09 bits per heavy atom. The molecule has 2 aromatic rings. The quantitative estimate of drug-likeness (QED) is 0.668. The van der Waals surface area contributed by atoms with Crippen molar-refractivity contribution in [2.45, 2.75) is 20.0 Å². The van der Waals surface area contributed by atoms with E-state index in [-0.39, 0.29) is 5.69 Å². The minimum absolute atomic E-state index is 0.132. The monoisotopic (exact) mass is 419 g/mol. The molecule has 2 rings (SSSR count). The average molecular weight is 419 g/mol. The summed E-state index contributed by atoms with van der Waals surface area (Å²) in [6.07, 6.45) is -4.44. The summed E-state index contributed by atoms with van der Waals surface area (Å²) >= 11 is 2.11. The maximum Gasteiger partial charge on any atom is 0.416 e. The Hall–Kier alpha value is -1.57. The van der Waals surface area contributed by atoms with Crippen LogP contribution in [0.1, 0.15) is 27.0 Å². The van der Waals surface area contributed by atoms with E-state index in [2.05, 4.69) is 27.9 Å². The molecule has 0 aliphatic heterocycles. The molecule has 0 saturated carbocycles. The van der Waals surface area contributed by atoms with E-state index in [1.54, 1.807) is 25.1 Å². The van der Waals surface area contributed by atoms with E-state index >= 15 is 0 Å². The van der Waals surface area contributed by atoms with Gasteiger partial charge in [-0.3, -0.25) is 4.79 Å². The number of hydrogen-bond acceptors (Lipinski definition) is 1. The van der Waals surface area contributed by atoms with E-state index in [9.17, 15) is 18.0 Å². The van der Waals surface area contributed by atoms with Gasteiger partial charge in [0.2, 0.25) is 0 Å². The largest absolute Gasteiger partial charge is 0.416 e. The van der Waals surface area contributed by atoms with Crippen molar-refractivity contribution in [2.24, 2.45) is 0 Å². The minimum atomic E-state index is -4.44. The lowest BCUT2D eigenvalue weighted by molar-refractivity contribution is -0.137. The van der Waals surface area contributed by atoms with Crippen LogP contribution in [0.25, 0.3) is 0 Å². The fourth-order valence-electron chi connectivity index (χ4n) is 1.96. The van der Waals surface area contributed by atoms with Gasteiger partial charge in [0.15, 0.2) is 0 Å². The van der Waals surface area contributed by atoms with E-state index < -0.39 is 17.6 Å². The molecule has 2 aromatic carbocycles. The van der Waals surface area contributed by atoms with Gasteiger partial charge in [-0.15, -0.1) is 0 Å². The first-order valence-corrected chi connectivity index (χ1v) is 7.51. The van der Waals surface area contributed by atoms with Crippen LogP contribution in [-0.2, 0) is 6.18 Å². The molecule has 2 nitrogen and oxygen atoms in total. The van der Waals surface area contributed by atoms with Crippen molar-refractivity contribution < 1.29 is 18.0 Å². The Kier molecular flexibility index (Phi) is 4.79. The van der Waals surface area contributed by atoms with Crippen LogP contribution in [0.4, 0.5) is 18.9 Å². The van der Waals surface area contributed by atoms with Gasteiger partial charge in [-0.05, 0) is 77.9 Å². The second kappa shape index (κ2) is 6.28. The maximum absolute atomic E-state index is 12.8. The molecule has 0 aromatic heterocycles. The molecule has 1 amide bonds. The Balaban J connectivity index is 2.28. The molecule has 0 fully saturated rings. The Morgan fingerprint density at radius 2 is 1.77 bits per heavy atom. The number of hydrogen-bond donors (Lipinski definition) is 1. The number of aryl methyl sites for hydroxylation is 2. The topological polar surface area (TPSA) is 29.1 Å². The van der Waals surface area contributed by atoms with Crippen LogP contribution in [0.15, 0.2) is 36.4 Å². The number of alkyl halides is 3. The standard InChI is InChI=1S/C16H13F3INO/c1-9-5-12(16(17,18)19)8-13(6-9)21-15(22)11-4-3-10(2)14(20)7-11/h3-8H,1-2H3,(H,21,22). The van der Waals surface area contributed by atoms with Crippen molar-refractivity contribution in [3.8, 4) is 0 Å². The average Bonchev–Trinajstić information content (AvgIpc) is 2.40. The summed E-state index contributed by atoms with van der Waals surface area (Å²) < 4.78 is 39.3. The Morgan fingerprint density at radius 3 is 2.36 bits per heavy atom. The van der Waals surface area contributed by atoms with Gasteiger partial charge >= 0.3 is 6.18 Å². The molecule has 6 heteroatoms. The lowest BCUT2D eigenvalue weighted by Crippen LogP contribution is -2.14. The Labute approximate surface area is 139 Å². The zero-order valence-electron chi connectivity index (χ0n) is 11.9. The normalized spacial score (nSPS) is 11.4. The zero-order valence-corrected chi connectivity index (χ0v) is 14.0. The van der Waals surface area contributed by atoms with Gasteiger partial charge in [-0.25, -0.2) is 0 Å². The molecular formula is C16H13F3INO. The van der Waals surface area contributed by atoms with Crippen molar-refractivity contribution in [3.63, 3.8) is 0 Å². The highest BCUT2D eigenvalue weighted by Crippen LogP contribution is 2.32. The van der Waals surface area contributed by atoms with Crippen molar-refractivity contribution in [3.05, 3.63) is 62.2 Å². The second-order valence-electron chi connectivity index (χ2n) is 5.00. The number of halogens is 4. The highest BCUT2D eigenvalue weighted by molar-refractivity contribution is 14.1. The molecule has 0 spiro atoms. The highest BCUT2D eigenvalue weighted by atomic mass is 127. The van der Waals surface area contributed by atoms with Crippen LogP contribution in [-0.4, -0.2) is 5.91 Å². The highest BCUT2D eigenvalue weighted by Gasteiger charge is 2.31. The van der Waals surface area contributed by atoms with Gasteiger partial charge in [-0.1, -0.05) is 6.07 Å². The summed E-state index contributed by atoms with van der Waals surface area (Å²) in [4.78, 5) is 12.2. The van der Waals surface area contributed by atoms with Crippen molar-refractivity contribution in [1.82, 2.24) is 0 Å². The van der Waals surface area contributed by atoms with Crippen molar-refractivity contribution in [2.75, 3.05) is 5.32 Å². The molecule has 0 aliphatic carbocycles. The SMILES string of the molecule is Cc1cc(NC(=O)c2ccc(C)c(I)c2)cc(C(F)(F)F)c1. The molecule has 22 heavy (non-hydrogen) atoms. The summed E-state index contributed by atoms with van der Waals surface area (Å²) in [6, 6.07) is 8.63. The van der Waals surface area contributed by atoms with Crippen LogP contribution in [0.3, 0.4) is 0 Å². The van der Waals surface area contributed by atoms with Gasteiger partial charge in [0.05, 0.1) is 5.56 Å². The smallest absolute Gasteiger partial charge is 0.322 e. The van der Waals surface area contributed by atoms with Crippen LogP contribution in [0.5, 0.6) is 0 Å². The molecule has 0 radical (unpaired) electrons. The molecule has 0 heterocycles. The summed E-state index contributed by atoms with van der Waals surface area (Å²) in [6.45, 7) is 3.47. The lowest BCUT2D eigenvalue weighted by Gasteiger charge is -2.12. The summed E-state index contributed by atoms with van der Waals surface area (Å²) in [5.74, 6) is -0.434. The first kappa shape index (κ1) is 16.8. The van der Waals surface area contributed by atoms with Crippen LogP contribution in [0.2, 0.25) is 0 Å². The van der Waals surface area contributed by atoms with Crippen LogP contribution < -0.4 is 5.32 Å². The predicted octanol–water partition coefficient (Wildman–Crippen LogP) is 5.18. The molecule has 0 atom stereocenters. The lowest BCUT2D eigenvalue weighted by atomic mass is 10.1. The third-order valence-electron chi connectivity index (χ3n) is 3.10. The van der Waals surface area contributed by atoms with E-state index in [4.69, 9.17) is 0 Å². The van der Waals surface area contributed by atoms with Gasteiger partial charge in [0, 0.05) is 14.8 Å². The summed E-state index contributed by atoms with van der Waals surface area (Å²) in [5, 5.41) is 2.52. The van der Waals surface area contributed by atoms with Gasteiger partial charge in [-0.2, -0.15) is 13.2 Å². The first-order chi connectivity index (χ1) is 10.2. The fraction of sp³-hybridized carbons (Fsp3) is 0.188. The van der Waals surface area contributed by atoms with E-state index in [1.807, 2.05) is 6.92 Å². The molecule has 1 N–H and O–H groups in total. The molecule has 0 unspecified atom stereocenters. The number of nitrogens with one attached hydrogen (secondary N) is 1. The van der Waals surface area contributed by atoms with Crippen molar-refractivity contribution in [1.29, 1.82) is 0 Å². The summed E-state index contributed by atoms with van der Waals surface area (Å²) in [7, 11) is 0. The number of carbonyl (C=O) groups is 1. The zero-order chi connectivity index (χ0) is 16.5. The first-order valence-electron chi connectivity index (χ1n) is 6.43. The molecule has 0 saturated heterocycles. The molecule has 116 valence electrons. The number of carbonyl (C=O) groups excluding carboxylic acids is 1. The maximum atomic E-state index is 12.8. The second-order valence-corrected chi connectivity index (χ2v) is 6.17. The van der Waals surface area contributed by atoms with Gasteiger partial charge in [0.1, 0.15) is 0 Å². The van der Waals surface area contributed by atoms with Gasteiger partial charge in [0.25, 0.3) is 5.91 Å². The number of amides is 1. The predicted molar refractivity (Wildman–Crippen MR) is 88.0 cm³/mol. The Bertz CT molecular complexity index is 726. The molecular weight excluding hydrogens is 406 g/mol. The van der Waals surface area contributed by atoms with E-state index in [0.29, 0.717) is 11.1 Å². The fourth-order valence-corrected chi connectivity index (χ4v) is 2.47. The number of anilines is 1. The van der Waals surface area contributed by atoms with Gasteiger partial charge < -0.3 is 5.32 Å². The number of benzene rings is 2.